The molecule has 8 heteroatoms. The predicted molar refractivity (Wildman–Crippen MR) is 115 cm³/mol. The van der Waals surface area contributed by atoms with Gasteiger partial charge in [-0.25, -0.2) is 9.97 Å². The first-order valence-electron chi connectivity index (χ1n) is 9.01. The number of aryl methyl sites for hydroxylation is 2. The number of anilines is 2. The Morgan fingerprint density at radius 2 is 2.07 bits per heavy atom. The monoisotopic (exact) mass is 414 g/mol. The topological polar surface area (TPSA) is 79.0 Å². The van der Waals surface area contributed by atoms with E-state index >= 15 is 0 Å². The molecule has 1 N–H and O–H groups in total. The van der Waals surface area contributed by atoms with Gasteiger partial charge in [0.2, 0.25) is 5.91 Å². The van der Waals surface area contributed by atoms with Gasteiger partial charge in [0, 0.05) is 29.8 Å². The van der Waals surface area contributed by atoms with Gasteiger partial charge in [0.1, 0.15) is 0 Å². The number of amides is 1. The molecule has 0 atom stereocenters. The summed E-state index contributed by atoms with van der Waals surface area (Å²) in [5, 5.41) is 3.16. The number of hydrogen-bond acceptors (Lipinski definition) is 6. The van der Waals surface area contributed by atoms with E-state index in [-0.39, 0.29) is 11.5 Å². The van der Waals surface area contributed by atoms with Crippen LogP contribution in [-0.2, 0) is 17.0 Å². The molecule has 6 nitrogen and oxygen atoms in total. The van der Waals surface area contributed by atoms with Gasteiger partial charge < -0.3 is 4.98 Å². The molecule has 0 fully saturated rings. The first kappa shape index (κ1) is 20.3. The Hall–Kier alpha value is -2.45. The Morgan fingerprint density at radius 3 is 2.79 bits per heavy atom. The number of rotatable bonds is 7. The van der Waals surface area contributed by atoms with Crippen LogP contribution < -0.4 is 10.5 Å². The predicted octanol–water partition coefficient (Wildman–Crippen LogP) is 4.46. The summed E-state index contributed by atoms with van der Waals surface area (Å²) in [6.45, 7) is 5.58. The van der Waals surface area contributed by atoms with Crippen molar-refractivity contribution in [3.05, 3.63) is 63.0 Å². The van der Waals surface area contributed by atoms with Gasteiger partial charge >= 0.3 is 0 Å². The minimum atomic E-state index is -0.137. The van der Waals surface area contributed by atoms with Crippen LogP contribution in [0.25, 0.3) is 0 Å². The summed E-state index contributed by atoms with van der Waals surface area (Å²) in [7, 11) is 0. The molecule has 0 unspecified atom stereocenters. The molecule has 0 bridgehead atoms. The van der Waals surface area contributed by atoms with Gasteiger partial charge in [-0.15, -0.1) is 11.3 Å². The van der Waals surface area contributed by atoms with Crippen molar-refractivity contribution in [1.29, 1.82) is 0 Å². The first-order chi connectivity index (χ1) is 13.5. The molecule has 2 heterocycles. The van der Waals surface area contributed by atoms with E-state index in [2.05, 4.69) is 21.9 Å². The zero-order chi connectivity index (χ0) is 20.1. The Balaban J connectivity index is 1.76. The lowest BCUT2D eigenvalue weighted by molar-refractivity contribution is -0.115. The number of hydrogen-bond donors (Lipinski definition) is 1. The standard InChI is InChI=1S/C20H22N4O2S2/c1-4-6-15-10-18(26)23-19(21-15)27-11-16-12-28-20(22-16)24(14(3)25)17-8-5-7-13(2)9-17/h5,7-10,12H,4,6,11H2,1-3H3,(H,21,23,26). The Morgan fingerprint density at radius 1 is 1.25 bits per heavy atom. The van der Waals surface area contributed by atoms with Crippen molar-refractivity contribution in [1.82, 2.24) is 15.0 Å². The van der Waals surface area contributed by atoms with E-state index in [1.807, 2.05) is 36.6 Å². The number of thiazole rings is 1. The van der Waals surface area contributed by atoms with Crippen LogP contribution in [0, 0.1) is 6.92 Å². The van der Waals surface area contributed by atoms with E-state index in [1.54, 1.807) is 11.0 Å². The van der Waals surface area contributed by atoms with Crippen LogP contribution in [0.4, 0.5) is 10.8 Å². The van der Waals surface area contributed by atoms with Crippen molar-refractivity contribution < 1.29 is 4.79 Å². The van der Waals surface area contributed by atoms with Gasteiger partial charge in [0.05, 0.1) is 11.4 Å². The average molecular weight is 415 g/mol. The van der Waals surface area contributed by atoms with E-state index in [9.17, 15) is 9.59 Å². The average Bonchev–Trinajstić information content (AvgIpc) is 3.08. The van der Waals surface area contributed by atoms with E-state index in [0.717, 1.165) is 35.5 Å². The SMILES string of the molecule is CCCc1cc(=O)[nH]c(SCc2csc(N(C(C)=O)c3cccc(C)c3)n2)n1. The second-order valence-electron chi connectivity index (χ2n) is 6.40. The van der Waals surface area contributed by atoms with Gasteiger partial charge in [-0.05, 0) is 31.0 Å². The molecule has 0 aliphatic carbocycles. The van der Waals surface area contributed by atoms with Crippen LogP contribution in [0.2, 0.25) is 0 Å². The van der Waals surface area contributed by atoms with Crippen molar-refractivity contribution in [3.63, 3.8) is 0 Å². The molecule has 2 aromatic heterocycles. The molecule has 3 aromatic rings. The van der Waals surface area contributed by atoms with Crippen LogP contribution >= 0.6 is 23.1 Å². The summed E-state index contributed by atoms with van der Waals surface area (Å²) >= 11 is 2.86. The summed E-state index contributed by atoms with van der Waals surface area (Å²) in [6, 6.07) is 9.33. The highest BCUT2D eigenvalue weighted by molar-refractivity contribution is 7.98. The highest BCUT2D eigenvalue weighted by Crippen LogP contribution is 2.31. The lowest BCUT2D eigenvalue weighted by atomic mass is 10.2. The summed E-state index contributed by atoms with van der Waals surface area (Å²) < 4.78 is 0. The fourth-order valence-electron chi connectivity index (χ4n) is 2.74. The fourth-order valence-corrected chi connectivity index (χ4v) is 4.52. The van der Waals surface area contributed by atoms with Crippen molar-refractivity contribution >= 4 is 39.8 Å². The third kappa shape index (κ3) is 5.08. The fraction of sp³-hybridized carbons (Fsp3) is 0.300. The second kappa shape index (κ2) is 9.16. The Labute approximate surface area is 172 Å². The summed E-state index contributed by atoms with van der Waals surface area (Å²) in [5.74, 6) is 0.478. The maximum atomic E-state index is 12.2. The molecular weight excluding hydrogens is 392 g/mol. The Kier molecular flexibility index (Phi) is 6.64. The maximum Gasteiger partial charge on any atom is 0.251 e. The van der Waals surface area contributed by atoms with Gasteiger partial charge in [-0.2, -0.15) is 0 Å². The maximum absolute atomic E-state index is 12.2. The lowest BCUT2D eigenvalue weighted by Gasteiger charge is -2.18. The van der Waals surface area contributed by atoms with E-state index in [4.69, 9.17) is 0 Å². The molecule has 146 valence electrons. The van der Waals surface area contributed by atoms with Crippen molar-refractivity contribution in [2.45, 2.75) is 44.5 Å². The van der Waals surface area contributed by atoms with E-state index in [1.165, 1.54) is 30.0 Å². The normalized spacial score (nSPS) is 10.8. The smallest absolute Gasteiger partial charge is 0.251 e. The van der Waals surface area contributed by atoms with Gasteiger partial charge in [-0.3, -0.25) is 14.5 Å². The van der Waals surface area contributed by atoms with Crippen molar-refractivity contribution in [2.24, 2.45) is 0 Å². The molecular formula is C20H22N4O2S2. The molecule has 0 saturated carbocycles. The minimum absolute atomic E-state index is 0.0857. The number of H-pyrrole nitrogens is 1. The van der Waals surface area contributed by atoms with E-state index < -0.39 is 0 Å². The van der Waals surface area contributed by atoms with Gasteiger partial charge in [0.15, 0.2) is 10.3 Å². The van der Waals surface area contributed by atoms with Gasteiger partial charge in [0.25, 0.3) is 5.56 Å². The minimum Gasteiger partial charge on any atom is -0.301 e. The molecule has 28 heavy (non-hydrogen) atoms. The number of carbonyl (C=O) groups is 1. The van der Waals surface area contributed by atoms with Crippen LogP contribution in [0.1, 0.15) is 37.2 Å². The van der Waals surface area contributed by atoms with Crippen LogP contribution in [0.5, 0.6) is 0 Å². The zero-order valence-corrected chi connectivity index (χ0v) is 17.7. The summed E-state index contributed by atoms with van der Waals surface area (Å²) in [6.07, 6.45) is 1.72. The number of aromatic amines is 1. The Bertz CT molecular complexity index is 1030. The molecule has 0 aliphatic heterocycles. The number of carbonyl (C=O) groups excluding carboxylic acids is 1. The number of benzene rings is 1. The molecule has 0 radical (unpaired) electrons. The van der Waals surface area contributed by atoms with Crippen molar-refractivity contribution in [2.75, 3.05) is 4.90 Å². The lowest BCUT2D eigenvalue weighted by Crippen LogP contribution is -2.22. The summed E-state index contributed by atoms with van der Waals surface area (Å²) in [5.41, 5.74) is 3.39. The molecule has 0 aliphatic rings. The largest absolute Gasteiger partial charge is 0.301 e. The van der Waals surface area contributed by atoms with E-state index in [0.29, 0.717) is 16.0 Å². The number of nitrogens with one attached hydrogen (secondary N) is 1. The molecule has 0 saturated heterocycles. The number of nitrogens with zero attached hydrogens (tertiary/aromatic N) is 3. The third-order valence-corrected chi connectivity index (χ3v) is 5.72. The highest BCUT2D eigenvalue weighted by atomic mass is 32.2. The number of thioether (sulfide) groups is 1. The van der Waals surface area contributed by atoms with Gasteiger partial charge in [-0.1, -0.05) is 37.2 Å². The van der Waals surface area contributed by atoms with Crippen LogP contribution in [0.15, 0.2) is 45.7 Å². The molecule has 3 rings (SSSR count). The molecule has 1 aromatic carbocycles. The van der Waals surface area contributed by atoms with Crippen LogP contribution in [-0.4, -0.2) is 20.9 Å². The van der Waals surface area contributed by atoms with Crippen molar-refractivity contribution in [3.8, 4) is 0 Å². The highest BCUT2D eigenvalue weighted by Gasteiger charge is 2.18. The quantitative estimate of drug-likeness (QED) is 0.456. The molecule has 1 amide bonds. The number of aromatic nitrogens is 3. The molecule has 0 spiro atoms. The second-order valence-corrected chi connectivity index (χ2v) is 8.20. The third-order valence-electron chi connectivity index (χ3n) is 3.94. The zero-order valence-electron chi connectivity index (χ0n) is 16.1. The summed E-state index contributed by atoms with van der Waals surface area (Å²) in [4.78, 5) is 37.5. The first-order valence-corrected chi connectivity index (χ1v) is 10.9. The van der Waals surface area contributed by atoms with Crippen LogP contribution in [0.3, 0.4) is 0 Å².